The van der Waals surface area contributed by atoms with E-state index in [1.807, 2.05) is 58.9 Å². The Morgan fingerprint density at radius 2 is 1.83 bits per heavy atom. The minimum atomic E-state index is -0.921. The van der Waals surface area contributed by atoms with Gasteiger partial charge in [-0.3, -0.25) is 0 Å². The summed E-state index contributed by atoms with van der Waals surface area (Å²) in [5.74, 6) is 0.252. The van der Waals surface area contributed by atoms with Gasteiger partial charge in [0.2, 0.25) is 0 Å². The summed E-state index contributed by atoms with van der Waals surface area (Å²) in [6, 6.07) is 7.78. The van der Waals surface area contributed by atoms with Gasteiger partial charge in [-0.2, -0.15) is 0 Å². The number of benzene rings is 1. The number of hydrogen-bond donors (Lipinski definition) is 1. The number of aromatic nitrogens is 1. The quantitative estimate of drug-likeness (QED) is 0.440. The number of carbonyl (C=O) groups excluding carboxylic acids is 1. The third kappa shape index (κ3) is 6.07. The fourth-order valence-corrected chi connectivity index (χ4v) is 3.15. The van der Waals surface area contributed by atoms with Crippen molar-refractivity contribution >= 4 is 29.1 Å². The number of carbonyl (C=O) groups is 1. The molecule has 0 bridgehead atoms. The Kier molecular flexibility index (Phi) is 7.67. The minimum absolute atomic E-state index is 0.471. The van der Waals surface area contributed by atoms with E-state index in [0.717, 1.165) is 28.2 Å². The van der Waals surface area contributed by atoms with E-state index in [4.69, 9.17) is 26.1 Å². The van der Waals surface area contributed by atoms with Gasteiger partial charge in [-0.1, -0.05) is 30.3 Å². The lowest BCUT2D eigenvalue weighted by molar-refractivity contribution is -0.158. The molecule has 1 unspecified atom stereocenters. The van der Waals surface area contributed by atoms with E-state index in [9.17, 15) is 4.79 Å². The number of H-pyrrole nitrogens is 1. The predicted molar refractivity (Wildman–Crippen MR) is 123 cm³/mol. The number of aromatic amines is 1. The van der Waals surface area contributed by atoms with Gasteiger partial charge in [0.1, 0.15) is 5.82 Å². The van der Waals surface area contributed by atoms with Crippen LogP contribution >= 0.6 is 11.6 Å². The average Bonchev–Trinajstić information content (AvgIpc) is 2.93. The summed E-state index contributed by atoms with van der Waals surface area (Å²) in [6.07, 6.45) is -0.208. The van der Waals surface area contributed by atoms with Crippen LogP contribution in [-0.4, -0.2) is 35.5 Å². The van der Waals surface area contributed by atoms with E-state index < -0.39 is 17.7 Å². The number of nitrogens with one attached hydrogen (secondary N) is 1. The molecule has 0 aliphatic carbocycles. The van der Waals surface area contributed by atoms with Crippen LogP contribution < -0.4 is 0 Å². The second-order valence-electron chi connectivity index (χ2n) is 8.36. The van der Waals surface area contributed by atoms with Gasteiger partial charge < -0.3 is 14.5 Å². The van der Waals surface area contributed by atoms with Gasteiger partial charge in [0.15, 0.2) is 6.10 Å². The fourth-order valence-electron chi connectivity index (χ4n) is 3.02. The van der Waals surface area contributed by atoms with Crippen molar-refractivity contribution < 1.29 is 14.3 Å². The van der Waals surface area contributed by atoms with Crippen LogP contribution in [0.15, 0.2) is 41.4 Å². The molecule has 0 saturated heterocycles. The third-order valence-electron chi connectivity index (χ3n) is 4.85. The highest BCUT2D eigenvalue weighted by atomic mass is 35.5. The molecule has 2 rings (SSSR count). The third-order valence-corrected chi connectivity index (χ3v) is 5.10. The van der Waals surface area contributed by atoms with E-state index >= 15 is 0 Å². The largest absolute Gasteiger partial charge is 0.467 e. The summed E-state index contributed by atoms with van der Waals surface area (Å²) in [6.45, 7) is 15.6. The van der Waals surface area contributed by atoms with Crippen molar-refractivity contribution in [3.05, 3.63) is 63.8 Å². The number of esters is 1. The zero-order chi connectivity index (χ0) is 22.6. The second kappa shape index (κ2) is 9.63. The second-order valence-corrected chi connectivity index (χ2v) is 8.80. The van der Waals surface area contributed by atoms with Crippen molar-refractivity contribution in [2.75, 3.05) is 7.11 Å². The zero-order valence-corrected chi connectivity index (χ0v) is 19.6. The van der Waals surface area contributed by atoms with Gasteiger partial charge in [0.25, 0.3) is 0 Å². The molecular formula is C24H31ClN2O3. The molecule has 1 heterocycles. The highest BCUT2D eigenvalue weighted by Crippen LogP contribution is 2.29. The van der Waals surface area contributed by atoms with E-state index in [2.05, 4.69) is 18.5 Å². The highest BCUT2D eigenvalue weighted by molar-refractivity contribution is 6.30. The molecule has 1 aromatic carbocycles. The maximum Gasteiger partial charge on any atom is 0.339 e. The van der Waals surface area contributed by atoms with Crippen molar-refractivity contribution in [1.29, 1.82) is 0 Å². The highest BCUT2D eigenvalue weighted by Gasteiger charge is 2.30. The standard InChI is InChI=1S/C24H31ClN2O3/c1-14-16(3)26-22(20(14)13-18-9-11-19(25)12-10-18)27-17(4)15(2)21(23(28)29-8)30-24(5,6)7/h9-12,21,26H,2,13H2,1,3-8H3/b27-17-. The molecule has 0 aliphatic rings. The number of methoxy groups -OCH3 is 1. The van der Waals surface area contributed by atoms with Crippen molar-refractivity contribution in [2.24, 2.45) is 4.99 Å². The van der Waals surface area contributed by atoms with Crippen LogP contribution in [0.1, 0.15) is 50.1 Å². The van der Waals surface area contributed by atoms with Crippen LogP contribution in [0.4, 0.5) is 5.82 Å². The molecule has 2 aromatic rings. The van der Waals surface area contributed by atoms with Gasteiger partial charge in [0.05, 0.1) is 12.7 Å². The molecule has 1 atom stereocenters. The Labute approximate surface area is 184 Å². The van der Waals surface area contributed by atoms with Crippen LogP contribution in [0.2, 0.25) is 5.02 Å². The van der Waals surface area contributed by atoms with Crippen LogP contribution in [0.3, 0.4) is 0 Å². The van der Waals surface area contributed by atoms with E-state index in [1.54, 1.807) is 0 Å². The van der Waals surface area contributed by atoms with Gasteiger partial charge in [-0.05, 0) is 64.8 Å². The van der Waals surface area contributed by atoms with Crippen molar-refractivity contribution in [3.63, 3.8) is 0 Å². The first kappa shape index (κ1) is 23.9. The molecule has 162 valence electrons. The smallest absolute Gasteiger partial charge is 0.339 e. The summed E-state index contributed by atoms with van der Waals surface area (Å²) < 4.78 is 10.8. The van der Waals surface area contributed by atoms with Crippen molar-refractivity contribution in [1.82, 2.24) is 4.98 Å². The summed E-state index contributed by atoms with van der Waals surface area (Å²) >= 11 is 6.01. The Morgan fingerprint density at radius 1 is 1.23 bits per heavy atom. The van der Waals surface area contributed by atoms with Gasteiger partial charge in [-0.25, -0.2) is 9.79 Å². The normalized spacial score (nSPS) is 13.3. The molecule has 0 saturated carbocycles. The number of nitrogens with zero attached hydrogens (tertiary/aromatic N) is 1. The maximum absolute atomic E-state index is 12.3. The summed E-state index contributed by atoms with van der Waals surface area (Å²) in [5, 5.41) is 0.707. The Bertz CT molecular complexity index is 950. The van der Waals surface area contributed by atoms with Crippen LogP contribution in [0, 0.1) is 13.8 Å². The van der Waals surface area contributed by atoms with Crippen LogP contribution in [-0.2, 0) is 20.7 Å². The first-order valence-corrected chi connectivity index (χ1v) is 10.2. The zero-order valence-electron chi connectivity index (χ0n) is 18.9. The Balaban J connectivity index is 2.38. The number of halogens is 1. The summed E-state index contributed by atoms with van der Waals surface area (Å²) in [5.41, 5.74) is 4.96. The van der Waals surface area contributed by atoms with Crippen LogP contribution in [0.5, 0.6) is 0 Å². The molecule has 0 aliphatic heterocycles. The lowest BCUT2D eigenvalue weighted by Gasteiger charge is -2.27. The molecule has 0 fully saturated rings. The topological polar surface area (TPSA) is 63.7 Å². The summed E-state index contributed by atoms with van der Waals surface area (Å²) in [7, 11) is 1.34. The molecular weight excluding hydrogens is 400 g/mol. The Morgan fingerprint density at radius 3 is 2.37 bits per heavy atom. The predicted octanol–water partition coefficient (Wildman–Crippen LogP) is 5.88. The van der Waals surface area contributed by atoms with E-state index in [0.29, 0.717) is 22.7 Å². The minimum Gasteiger partial charge on any atom is -0.467 e. The monoisotopic (exact) mass is 430 g/mol. The molecule has 5 nitrogen and oxygen atoms in total. The average molecular weight is 431 g/mol. The molecule has 0 amide bonds. The lowest BCUT2D eigenvalue weighted by atomic mass is 10.0. The molecule has 0 radical (unpaired) electrons. The van der Waals surface area contributed by atoms with Crippen LogP contribution in [0.25, 0.3) is 0 Å². The van der Waals surface area contributed by atoms with Gasteiger partial charge in [0, 0.05) is 34.0 Å². The van der Waals surface area contributed by atoms with E-state index in [1.165, 1.54) is 7.11 Å². The number of rotatable bonds is 7. The number of aliphatic imine (C=N–C) groups is 1. The Hall–Kier alpha value is -2.37. The summed E-state index contributed by atoms with van der Waals surface area (Å²) in [4.78, 5) is 20.4. The van der Waals surface area contributed by atoms with E-state index in [-0.39, 0.29) is 0 Å². The SMILES string of the molecule is C=C(/C(C)=N\c1[nH]c(C)c(C)c1Cc1ccc(Cl)cc1)C(OC(C)(C)C)C(=O)OC. The molecule has 6 heteroatoms. The number of ether oxygens (including phenoxy) is 2. The van der Waals surface area contributed by atoms with Gasteiger partial charge in [-0.15, -0.1) is 0 Å². The molecule has 1 aromatic heterocycles. The van der Waals surface area contributed by atoms with Crippen molar-refractivity contribution in [3.8, 4) is 0 Å². The van der Waals surface area contributed by atoms with Crippen molar-refractivity contribution in [2.45, 2.75) is 59.7 Å². The fraction of sp³-hybridized carbons (Fsp3) is 0.417. The first-order valence-electron chi connectivity index (χ1n) is 9.85. The first-order chi connectivity index (χ1) is 13.9. The lowest BCUT2D eigenvalue weighted by Crippen LogP contribution is -2.37. The molecule has 1 N–H and O–H groups in total. The number of hydrogen-bond acceptors (Lipinski definition) is 4. The number of aryl methyl sites for hydroxylation is 1. The maximum atomic E-state index is 12.3. The molecule has 0 spiro atoms. The van der Waals surface area contributed by atoms with Gasteiger partial charge >= 0.3 is 5.97 Å². The molecule has 30 heavy (non-hydrogen) atoms.